The number of aliphatic imine (C=N–C) groups is 1. The Morgan fingerprint density at radius 1 is 1.60 bits per heavy atom. The van der Waals surface area contributed by atoms with E-state index in [1.807, 2.05) is 0 Å². The lowest BCUT2D eigenvalue weighted by Gasteiger charge is -2.27. The van der Waals surface area contributed by atoms with Gasteiger partial charge in [-0.25, -0.2) is 0 Å². The molecule has 0 aromatic carbocycles. The van der Waals surface area contributed by atoms with Crippen LogP contribution < -0.4 is 0 Å². The van der Waals surface area contributed by atoms with Gasteiger partial charge >= 0.3 is 0 Å². The molecule has 10 heavy (non-hydrogen) atoms. The summed E-state index contributed by atoms with van der Waals surface area (Å²) in [6.07, 6.45) is 7.37. The van der Waals surface area contributed by atoms with Gasteiger partial charge in [0.25, 0.3) is 0 Å². The molecule has 0 saturated carbocycles. The molecule has 0 spiro atoms. The van der Waals surface area contributed by atoms with Crippen molar-refractivity contribution < 1.29 is 0 Å². The lowest BCUT2D eigenvalue weighted by atomic mass is 9.81. The molecule has 0 aromatic heterocycles. The van der Waals surface area contributed by atoms with Crippen LogP contribution in [0.4, 0.5) is 0 Å². The molecule has 0 radical (unpaired) electrons. The van der Waals surface area contributed by atoms with Crippen LogP contribution in [0.15, 0.2) is 4.99 Å². The highest BCUT2D eigenvalue weighted by Gasteiger charge is 2.22. The highest BCUT2D eigenvalue weighted by atomic mass is 14.7. The molecule has 1 atom stereocenters. The predicted molar refractivity (Wildman–Crippen MR) is 45.6 cm³/mol. The third-order valence-electron chi connectivity index (χ3n) is 2.26. The molecule has 58 valence electrons. The summed E-state index contributed by atoms with van der Waals surface area (Å²) in [7, 11) is 0. The van der Waals surface area contributed by atoms with Crippen molar-refractivity contribution in [2.24, 2.45) is 10.4 Å². The van der Waals surface area contributed by atoms with Gasteiger partial charge in [0.1, 0.15) is 0 Å². The highest BCUT2D eigenvalue weighted by Crippen LogP contribution is 2.29. The fourth-order valence-corrected chi connectivity index (χ4v) is 1.68. The molecule has 1 heterocycles. The summed E-state index contributed by atoms with van der Waals surface area (Å²) >= 11 is 0. The van der Waals surface area contributed by atoms with Crippen molar-refractivity contribution in [1.82, 2.24) is 0 Å². The maximum atomic E-state index is 4.32. The Labute approximate surface area is 63.5 Å². The minimum Gasteiger partial charge on any atom is -0.297 e. The Morgan fingerprint density at radius 2 is 2.40 bits per heavy atom. The Hall–Kier alpha value is -0.330. The quantitative estimate of drug-likeness (QED) is 0.557. The standard InChI is InChI=1S/C9H17N/c1-3-5-9(2)6-4-7-10-8-9/h8H,3-7H2,1-2H3/t9-/m1/s1. The third-order valence-corrected chi connectivity index (χ3v) is 2.26. The van der Waals surface area contributed by atoms with E-state index in [0.717, 1.165) is 6.54 Å². The molecule has 0 aromatic rings. The molecule has 0 N–H and O–H groups in total. The molecule has 0 unspecified atom stereocenters. The van der Waals surface area contributed by atoms with Gasteiger partial charge in [-0.3, -0.25) is 4.99 Å². The lowest BCUT2D eigenvalue weighted by molar-refractivity contribution is 0.375. The first-order valence-electron chi connectivity index (χ1n) is 4.28. The van der Waals surface area contributed by atoms with E-state index in [2.05, 4.69) is 25.1 Å². The van der Waals surface area contributed by atoms with Crippen molar-refractivity contribution in [2.45, 2.75) is 39.5 Å². The molecular weight excluding hydrogens is 122 g/mol. The first-order valence-corrected chi connectivity index (χ1v) is 4.28. The summed E-state index contributed by atoms with van der Waals surface area (Å²) < 4.78 is 0. The van der Waals surface area contributed by atoms with Gasteiger partial charge in [0.05, 0.1) is 0 Å². The summed E-state index contributed by atoms with van der Waals surface area (Å²) in [4.78, 5) is 4.32. The molecule has 1 aliphatic heterocycles. The van der Waals surface area contributed by atoms with Gasteiger partial charge in [-0.2, -0.15) is 0 Å². The number of rotatable bonds is 2. The molecule has 0 bridgehead atoms. The van der Waals surface area contributed by atoms with Crippen molar-refractivity contribution >= 4 is 6.21 Å². The van der Waals surface area contributed by atoms with Crippen LogP contribution in [0, 0.1) is 5.41 Å². The van der Waals surface area contributed by atoms with Gasteiger partial charge in [0, 0.05) is 18.2 Å². The van der Waals surface area contributed by atoms with Gasteiger partial charge in [-0.1, -0.05) is 20.3 Å². The summed E-state index contributed by atoms with van der Waals surface area (Å²) in [6, 6.07) is 0. The minimum atomic E-state index is 0.438. The van der Waals surface area contributed by atoms with E-state index >= 15 is 0 Å². The normalized spacial score (nSPS) is 32.6. The largest absolute Gasteiger partial charge is 0.297 e. The summed E-state index contributed by atoms with van der Waals surface area (Å²) in [6.45, 7) is 5.62. The predicted octanol–water partition coefficient (Wildman–Crippen LogP) is 2.66. The molecule has 1 aliphatic rings. The third kappa shape index (κ3) is 1.83. The highest BCUT2D eigenvalue weighted by molar-refractivity contribution is 5.65. The second-order valence-corrected chi connectivity index (χ2v) is 3.54. The van der Waals surface area contributed by atoms with E-state index in [4.69, 9.17) is 0 Å². The molecule has 0 fully saturated rings. The summed E-state index contributed by atoms with van der Waals surface area (Å²) in [5, 5.41) is 0. The fraction of sp³-hybridized carbons (Fsp3) is 0.889. The molecule has 0 amide bonds. The number of nitrogens with zero attached hydrogens (tertiary/aromatic N) is 1. The van der Waals surface area contributed by atoms with E-state index in [0.29, 0.717) is 5.41 Å². The Kier molecular flexibility index (Phi) is 2.47. The zero-order valence-electron chi connectivity index (χ0n) is 7.06. The first kappa shape index (κ1) is 7.77. The molecule has 0 aliphatic carbocycles. The van der Waals surface area contributed by atoms with Crippen molar-refractivity contribution in [2.75, 3.05) is 6.54 Å². The van der Waals surface area contributed by atoms with E-state index < -0.39 is 0 Å². The topological polar surface area (TPSA) is 12.4 Å². The van der Waals surface area contributed by atoms with E-state index in [9.17, 15) is 0 Å². The van der Waals surface area contributed by atoms with Crippen LogP contribution in [0.25, 0.3) is 0 Å². The maximum Gasteiger partial charge on any atom is 0.0385 e. The van der Waals surface area contributed by atoms with Crippen LogP contribution in [-0.4, -0.2) is 12.8 Å². The summed E-state index contributed by atoms with van der Waals surface area (Å²) in [5.41, 5.74) is 0.438. The van der Waals surface area contributed by atoms with Gasteiger partial charge in [0.15, 0.2) is 0 Å². The SMILES string of the molecule is CCC[C@@]1(C)C=NCCC1. The van der Waals surface area contributed by atoms with Gasteiger partial charge in [-0.15, -0.1) is 0 Å². The second kappa shape index (κ2) is 3.18. The number of hydrogen-bond acceptors (Lipinski definition) is 1. The minimum absolute atomic E-state index is 0.438. The van der Waals surface area contributed by atoms with Crippen LogP contribution in [0.5, 0.6) is 0 Å². The summed E-state index contributed by atoms with van der Waals surface area (Å²) in [5.74, 6) is 0. The maximum absolute atomic E-state index is 4.32. The molecular formula is C9H17N. The Bertz CT molecular complexity index is 129. The van der Waals surface area contributed by atoms with E-state index in [1.165, 1.54) is 25.7 Å². The van der Waals surface area contributed by atoms with Gasteiger partial charge in [0.2, 0.25) is 0 Å². The molecule has 1 heteroatoms. The first-order chi connectivity index (χ1) is 4.77. The van der Waals surface area contributed by atoms with Gasteiger partial charge < -0.3 is 0 Å². The monoisotopic (exact) mass is 139 g/mol. The van der Waals surface area contributed by atoms with E-state index in [1.54, 1.807) is 0 Å². The Balaban J connectivity index is 2.48. The second-order valence-electron chi connectivity index (χ2n) is 3.54. The van der Waals surface area contributed by atoms with Crippen LogP contribution >= 0.6 is 0 Å². The van der Waals surface area contributed by atoms with Crippen molar-refractivity contribution in [3.63, 3.8) is 0 Å². The average Bonchev–Trinajstić information content (AvgIpc) is 1.89. The van der Waals surface area contributed by atoms with Crippen LogP contribution in [-0.2, 0) is 0 Å². The Morgan fingerprint density at radius 3 is 2.90 bits per heavy atom. The van der Waals surface area contributed by atoms with Gasteiger partial charge in [-0.05, 0) is 19.3 Å². The fourth-order valence-electron chi connectivity index (χ4n) is 1.68. The van der Waals surface area contributed by atoms with Crippen molar-refractivity contribution in [1.29, 1.82) is 0 Å². The van der Waals surface area contributed by atoms with Crippen LogP contribution in [0.2, 0.25) is 0 Å². The smallest absolute Gasteiger partial charge is 0.0385 e. The molecule has 1 nitrogen and oxygen atoms in total. The average molecular weight is 139 g/mol. The van der Waals surface area contributed by atoms with Crippen LogP contribution in [0.3, 0.4) is 0 Å². The molecule has 1 rings (SSSR count). The molecule has 0 saturated heterocycles. The van der Waals surface area contributed by atoms with E-state index in [-0.39, 0.29) is 0 Å². The lowest BCUT2D eigenvalue weighted by Crippen LogP contribution is -2.21. The number of hydrogen-bond donors (Lipinski definition) is 0. The van der Waals surface area contributed by atoms with Crippen LogP contribution in [0.1, 0.15) is 39.5 Å². The zero-order chi connectivity index (χ0) is 7.45. The zero-order valence-corrected chi connectivity index (χ0v) is 7.06. The van der Waals surface area contributed by atoms with Crippen molar-refractivity contribution in [3.05, 3.63) is 0 Å². The van der Waals surface area contributed by atoms with Crippen molar-refractivity contribution in [3.8, 4) is 0 Å².